The second-order valence-electron chi connectivity index (χ2n) is 13.6. The first kappa shape index (κ1) is 32.5. The zero-order valence-corrected chi connectivity index (χ0v) is 27.8. The molecule has 2 aliphatic heterocycles. The third kappa shape index (κ3) is 6.54. The highest BCUT2D eigenvalue weighted by atomic mass is 28.3. The molecule has 0 aliphatic carbocycles. The van der Waals surface area contributed by atoms with Gasteiger partial charge in [-0.2, -0.15) is 23.1 Å². The van der Waals surface area contributed by atoms with Crippen LogP contribution < -0.4 is 9.47 Å². The third-order valence-electron chi connectivity index (χ3n) is 9.06. The normalized spacial score (nSPS) is 16.9. The summed E-state index contributed by atoms with van der Waals surface area (Å²) in [7, 11) is -1.28. The van der Waals surface area contributed by atoms with Gasteiger partial charge < -0.3 is 14.2 Å². The Kier molecular flexibility index (Phi) is 8.69. The molecule has 4 aromatic rings. The highest BCUT2D eigenvalue weighted by Crippen LogP contribution is 2.40. The maximum Gasteiger partial charge on any atom is 0.422 e. The minimum atomic E-state index is -4.63. The molecule has 5 heterocycles. The van der Waals surface area contributed by atoms with E-state index in [2.05, 4.69) is 49.8 Å². The van der Waals surface area contributed by atoms with Gasteiger partial charge in [-0.05, 0) is 75.9 Å². The van der Waals surface area contributed by atoms with Gasteiger partial charge in [-0.15, -0.1) is 5.10 Å². The van der Waals surface area contributed by atoms with E-state index in [1.54, 1.807) is 4.68 Å². The number of ether oxygens (including phenoxy) is 3. The Morgan fingerprint density at radius 1 is 1.02 bits per heavy atom. The number of benzene rings is 1. The van der Waals surface area contributed by atoms with Crippen molar-refractivity contribution < 1.29 is 31.8 Å². The van der Waals surface area contributed by atoms with Crippen molar-refractivity contribution in [2.75, 3.05) is 32.9 Å². The van der Waals surface area contributed by atoms with E-state index < -0.39 is 32.6 Å². The van der Waals surface area contributed by atoms with Gasteiger partial charge in [-0.1, -0.05) is 24.9 Å². The minimum absolute atomic E-state index is 0.0619. The van der Waals surface area contributed by atoms with Crippen LogP contribution in [0.15, 0.2) is 12.3 Å². The molecule has 15 heteroatoms. The predicted octanol–water partition coefficient (Wildman–Crippen LogP) is 6.45. The number of aryl methyl sites for hydroxylation is 1. The van der Waals surface area contributed by atoms with E-state index in [0.29, 0.717) is 23.2 Å². The Morgan fingerprint density at radius 2 is 1.76 bits per heavy atom. The average Bonchev–Trinajstić information content (AvgIpc) is 3.68. The molecule has 0 unspecified atom stereocenters. The van der Waals surface area contributed by atoms with E-state index in [1.807, 2.05) is 19.9 Å². The van der Waals surface area contributed by atoms with Gasteiger partial charge in [0.25, 0.3) is 0 Å². The van der Waals surface area contributed by atoms with Gasteiger partial charge in [-0.25, -0.2) is 9.07 Å². The van der Waals surface area contributed by atoms with Crippen LogP contribution in [0.3, 0.4) is 0 Å². The Bertz CT molecular complexity index is 1750. The number of hydrogen-bond donors (Lipinski definition) is 0. The number of aromatic nitrogens is 6. The van der Waals surface area contributed by atoms with Crippen molar-refractivity contribution in [2.24, 2.45) is 0 Å². The molecule has 3 aromatic heterocycles. The molecule has 0 amide bonds. The first-order valence-corrected chi connectivity index (χ1v) is 19.3. The standard InChI is InChI=1S/C31H39F4N7O3Si/c1-19-14-22-26(39-40-42(22)18-43-12-13-46(3,4)5)23(20(19)2)27-24(32)25-21(15-36-27)28(44-17-31(33,34)35)38-29(37-25)45-16-30-8-6-10-41(30)11-7-9-30/h14-15H,6-13,16-18H2,1-5H3. The number of fused-ring (bicyclic) bond motifs is 3. The van der Waals surface area contributed by atoms with Gasteiger partial charge in [0.2, 0.25) is 5.88 Å². The van der Waals surface area contributed by atoms with Gasteiger partial charge in [0.05, 0.1) is 16.4 Å². The molecule has 1 aromatic carbocycles. The minimum Gasteiger partial charge on any atom is -0.467 e. The van der Waals surface area contributed by atoms with E-state index >= 15 is 4.39 Å². The second-order valence-corrected chi connectivity index (χ2v) is 19.2. The van der Waals surface area contributed by atoms with Crippen LogP contribution in [0.1, 0.15) is 36.8 Å². The first-order chi connectivity index (χ1) is 21.7. The number of halogens is 4. The van der Waals surface area contributed by atoms with Crippen molar-refractivity contribution >= 4 is 30.0 Å². The van der Waals surface area contributed by atoms with Crippen molar-refractivity contribution in [3.8, 4) is 23.1 Å². The van der Waals surface area contributed by atoms with Gasteiger partial charge in [0.1, 0.15) is 30.1 Å². The Labute approximate surface area is 265 Å². The molecule has 248 valence electrons. The fourth-order valence-electron chi connectivity index (χ4n) is 6.41. The van der Waals surface area contributed by atoms with E-state index in [-0.39, 0.29) is 41.5 Å². The van der Waals surface area contributed by atoms with Crippen LogP contribution in [0.5, 0.6) is 11.9 Å². The summed E-state index contributed by atoms with van der Waals surface area (Å²) < 4.78 is 74.7. The van der Waals surface area contributed by atoms with E-state index in [9.17, 15) is 13.2 Å². The maximum atomic E-state index is 16.6. The van der Waals surface area contributed by atoms with Crippen LogP contribution in [-0.4, -0.2) is 87.5 Å². The highest BCUT2D eigenvalue weighted by Gasteiger charge is 2.45. The fraction of sp³-hybridized carbons (Fsp3) is 0.581. The number of nitrogens with zero attached hydrogens (tertiary/aromatic N) is 7. The summed E-state index contributed by atoms with van der Waals surface area (Å²) in [5, 5.41) is 8.55. The number of alkyl halides is 3. The summed E-state index contributed by atoms with van der Waals surface area (Å²) >= 11 is 0. The lowest BCUT2D eigenvalue weighted by Gasteiger charge is -2.31. The van der Waals surface area contributed by atoms with Crippen LogP contribution in [0.2, 0.25) is 25.7 Å². The maximum absolute atomic E-state index is 16.6. The lowest BCUT2D eigenvalue weighted by Crippen LogP contribution is -2.43. The van der Waals surface area contributed by atoms with Crippen LogP contribution in [0.4, 0.5) is 17.6 Å². The van der Waals surface area contributed by atoms with Crippen LogP contribution in [0.25, 0.3) is 33.2 Å². The quantitative estimate of drug-likeness (QED) is 0.102. The van der Waals surface area contributed by atoms with E-state index in [0.717, 1.165) is 55.9 Å². The van der Waals surface area contributed by atoms with Crippen molar-refractivity contribution in [2.45, 2.75) is 83.7 Å². The summed E-state index contributed by atoms with van der Waals surface area (Å²) in [6, 6.07) is 2.67. The predicted molar refractivity (Wildman–Crippen MR) is 167 cm³/mol. The second kappa shape index (κ2) is 12.3. The SMILES string of the molecule is Cc1cc2c(nnn2COCC[Si](C)(C)C)c(-c2ncc3c(OCC(F)(F)F)nc(OCC45CCCN4CCC5)nc3c2F)c1C. The third-order valence-corrected chi connectivity index (χ3v) is 10.8. The van der Waals surface area contributed by atoms with Crippen molar-refractivity contribution in [1.29, 1.82) is 0 Å². The number of pyridine rings is 1. The molecule has 0 spiro atoms. The largest absolute Gasteiger partial charge is 0.467 e. The zero-order chi connectivity index (χ0) is 32.9. The zero-order valence-electron chi connectivity index (χ0n) is 26.8. The van der Waals surface area contributed by atoms with Crippen LogP contribution in [-0.2, 0) is 11.5 Å². The van der Waals surface area contributed by atoms with Gasteiger partial charge >= 0.3 is 12.2 Å². The monoisotopic (exact) mass is 661 g/mol. The molecular formula is C31H39F4N7O3Si. The lowest BCUT2D eigenvalue weighted by atomic mass is 9.95. The lowest BCUT2D eigenvalue weighted by molar-refractivity contribution is -0.153. The molecule has 2 saturated heterocycles. The highest BCUT2D eigenvalue weighted by molar-refractivity contribution is 6.76. The van der Waals surface area contributed by atoms with Crippen LogP contribution >= 0.6 is 0 Å². The van der Waals surface area contributed by atoms with Crippen molar-refractivity contribution in [1.82, 2.24) is 34.8 Å². The van der Waals surface area contributed by atoms with E-state index in [1.165, 1.54) is 6.20 Å². The summed E-state index contributed by atoms with van der Waals surface area (Å²) in [5.74, 6) is -1.30. The molecule has 0 saturated carbocycles. The summed E-state index contributed by atoms with van der Waals surface area (Å²) in [6.07, 6.45) is 0.539. The molecule has 0 atom stereocenters. The molecule has 0 N–H and O–H groups in total. The number of hydrogen-bond acceptors (Lipinski definition) is 9. The average molecular weight is 662 g/mol. The molecule has 2 fully saturated rings. The molecular weight excluding hydrogens is 622 g/mol. The smallest absolute Gasteiger partial charge is 0.422 e. The van der Waals surface area contributed by atoms with Crippen molar-refractivity contribution in [3.05, 3.63) is 29.2 Å². The Morgan fingerprint density at radius 3 is 2.46 bits per heavy atom. The number of rotatable bonds is 11. The van der Waals surface area contributed by atoms with E-state index in [4.69, 9.17) is 14.2 Å². The van der Waals surface area contributed by atoms with Gasteiger partial charge in [0.15, 0.2) is 12.4 Å². The summed E-state index contributed by atoms with van der Waals surface area (Å²) in [4.78, 5) is 15.2. The first-order valence-electron chi connectivity index (χ1n) is 15.6. The molecule has 0 radical (unpaired) electrons. The van der Waals surface area contributed by atoms with Gasteiger partial charge in [0, 0.05) is 26.4 Å². The topological polar surface area (TPSA) is 100 Å². The van der Waals surface area contributed by atoms with Crippen LogP contribution in [0, 0.1) is 19.7 Å². The molecule has 2 aliphatic rings. The van der Waals surface area contributed by atoms with Gasteiger partial charge in [-0.3, -0.25) is 9.88 Å². The molecule has 10 nitrogen and oxygen atoms in total. The Hall–Kier alpha value is -3.43. The summed E-state index contributed by atoms with van der Waals surface area (Å²) in [5.41, 5.74) is 2.56. The van der Waals surface area contributed by atoms with Crippen molar-refractivity contribution in [3.63, 3.8) is 0 Å². The molecule has 6 rings (SSSR count). The molecule has 0 bridgehead atoms. The fourth-order valence-corrected chi connectivity index (χ4v) is 7.17. The Balaban J connectivity index is 1.39. The summed E-state index contributed by atoms with van der Waals surface area (Å²) in [6.45, 7) is 11.9. The molecule has 46 heavy (non-hydrogen) atoms.